The SMILES string of the molecule is COc1ccccc1Oc1ccc(NC(=O)c2ccc(N3CCCS3(=O)=O)cc2)cc1. The molecule has 1 aliphatic heterocycles. The first-order chi connectivity index (χ1) is 15.0. The van der Waals surface area contributed by atoms with Crippen molar-refractivity contribution in [3.63, 3.8) is 0 Å². The maximum absolute atomic E-state index is 12.5. The highest BCUT2D eigenvalue weighted by atomic mass is 32.2. The van der Waals surface area contributed by atoms with Crippen molar-refractivity contribution >= 4 is 27.3 Å². The van der Waals surface area contributed by atoms with Crippen LogP contribution < -0.4 is 19.1 Å². The number of methoxy groups -OCH3 is 1. The molecule has 0 bridgehead atoms. The summed E-state index contributed by atoms with van der Waals surface area (Å²) in [4.78, 5) is 12.5. The molecule has 4 rings (SSSR count). The van der Waals surface area contributed by atoms with E-state index in [-0.39, 0.29) is 11.7 Å². The number of para-hydroxylation sites is 2. The highest BCUT2D eigenvalue weighted by Crippen LogP contribution is 2.31. The molecular weight excluding hydrogens is 416 g/mol. The fourth-order valence-corrected chi connectivity index (χ4v) is 4.91. The minimum atomic E-state index is -3.24. The summed E-state index contributed by atoms with van der Waals surface area (Å²) >= 11 is 0. The van der Waals surface area contributed by atoms with Gasteiger partial charge in [0.2, 0.25) is 10.0 Å². The van der Waals surface area contributed by atoms with Crippen LogP contribution in [0.3, 0.4) is 0 Å². The van der Waals surface area contributed by atoms with Crippen LogP contribution in [0.5, 0.6) is 17.2 Å². The van der Waals surface area contributed by atoms with Gasteiger partial charge in [-0.3, -0.25) is 9.10 Å². The van der Waals surface area contributed by atoms with Crippen LogP contribution in [0.25, 0.3) is 0 Å². The summed E-state index contributed by atoms with van der Waals surface area (Å²) in [5, 5.41) is 2.83. The van der Waals surface area contributed by atoms with Crippen molar-refractivity contribution in [3.8, 4) is 17.2 Å². The number of ether oxygens (including phenoxy) is 2. The maximum Gasteiger partial charge on any atom is 0.255 e. The number of anilines is 2. The van der Waals surface area contributed by atoms with Gasteiger partial charge in [-0.25, -0.2) is 8.42 Å². The maximum atomic E-state index is 12.5. The lowest BCUT2D eigenvalue weighted by Gasteiger charge is -2.17. The lowest BCUT2D eigenvalue weighted by molar-refractivity contribution is 0.102. The molecule has 3 aromatic rings. The molecule has 1 heterocycles. The molecule has 7 nitrogen and oxygen atoms in total. The first-order valence-corrected chi connectivity index (χ1v) is 11.4. The van der Waals surface area contributed by atoms with E-state index in [0.717, 1.165) is 0 Å². The topological polar surface area (TPSA) is 84.9 Å². The van der Waals surface area contributed by atoms with E-state index < -0.39 is 10.0 Å². The smallest absolute Gasteiger partial charge is 0.255 e. The summed E-state index contributed by atoms with van der Waals surface area (Å²) in [6.45, 7) is 0.469. The Morgan fingerprint density at radius 3 is 2.23 bits per heavy atom. The van der Waals surface area contributed by atoms with Crippen molar-refractivity contribution in [1.29, 1.82) is 0 Å². The van der Waals surface area contributed by atoms with Gasteiger partial charge in [-0.05, 0) is 67.1 Å². The van der Waals surface area contributed by atoms with Crippen molar-refractivity contribution in [1.82, 2.24) is 0 Å². The van der Waals surface area contributed by atoms with Crippen LogP contribution in [0.1, 0.15) is 16.8 Å². The van der Waals surface area contributed by atoms with Gasteiger partial charge in [0.05, 0.1) is 18.6 Å². The van der Waals surface area contributed by atoms with E-state index in [9.17, 15) is 13.2 Å². The molecule has 0 unspecified atom stereocenters. The summed E-state index contributed by atoms with van der Waals surface area (Å²) in [7, 11) is -1.66. The monoisotopic (exact) mass is 438 g/mol. The number of carbonyl (C=O) groups is 1. The number of rotatable bonds is 6. The first kappa shape index (κ1) is 20.7. The minimum Gasteiger partial charge on any atom is -0.493 e. The largest absolute Gasteiger partial charge is 0.493 e. The van der Waals surface area contributed by atoms with Crippen LogP contribution in [0.15, 0.2) is 72.8 Å². The van der Waals surface area contributed by atoms with Gasteiger partial charge >= 0.3 is 0 Å². The van der Waals surface area contributed by atoms with E-state index in [1.165, 1.54) is 4.31 Å². The third kappa shape index (κ3) is 4.64. The van der Waals surface area contributed by atoms with E-state index in [1.807, 2.05) is 24.3 Å². The third-order valence-electron chi connectivity index (χ3n) is 4.93. The quantitative estimate of drug-likeness (QED) is 0.621. The molecule has 1 N–H and O–H groups in total. The number of hydrogen-bond donors (Lipinski definition) is 1. The Bertz CT molecular complexity index is 1180. The van der Waals surface area contributed by atoms with Crippen molar-refractivity contribution < 1.29 is 22.7 Å². The van der Waals surface area contributed by atoms with Gasteiger partial charge in [-0.1, -0.05) is 12.1 Å². The normalized spacial score (nSPS) is 14.8. The highest BCUT2D eigenvalue weighted by molar-refractivity contribution is 7.93. The molecule has 1 aliphatic rings. The zero-order valence-corrected chi connectivity index (χ0v) is 17.8. The highest BCUT2D eigenvalue weighted by Gasteiger charge is 2.28. The number of hydrogen-bond acceptors (Lipinski definition) is 5. The number of sulfonamides is 1. The van der Waals surface area contributed by atoms with Crippen LogP contribution in [0.4, 0.5) is 11.4 Å². The van der Waals surface area contributed by atoms with Gasteiger partial charge in [0.15, 0.2) is 11.5 Å². The second-order valence-corrected chi connectivity index (χ2v) is 9.03. The van der Waals surface area contributed by atoms with Crippen LogP contribution in [-0.4, -0.2) is 33.7 Å². The summed E-state index contributed by atoms with van der Waals surface area (Å²) in [6, 6.07) is 20.9. The summed E-state index contributed by atoms with van der Waals surface area (Å²) < 4.78 is 36.6. The zero-order valence-electron chi connectivity index (χ0n) is 16.9. The summed E-state index contributed by atoms with van der Waals surface area (Å²) in [6.07, 6.45) is 0.612. The van der Waals surface area contributed by atoms with Crippen LogP contribution in [0.2, 0.25) is 0 Å². The fourth-order valence-electron chi connectivity index (χ4n) is 3.35. The van der Waals surface area contributed by atoms with E-state index in [4.69, 9.17) is 9.47 Å². The molecule has 0 spiro atoms. The van der Waals surface area contributed by atoms with E-state index >= 15 is 0 Å². The minimum absolute atomic E-state index is 0.159. The second-order valence-electron chi connectivity index (χ2n) is 7.02. The Kier molecular flexibility index (Phi) is 5.81. The average molecular weight is 439 g/mol. The van der Waals surface area contributed by atoms with E-state index in [2.05, 4.69) is 5.32 Å². The zero-order chi connectivity index (χ0) is 21.8. The van der Waals surface area contributed by atoms with E-state index in [0.29, 0.717) is 47.2 Å². The predicted octanol–water partition coefficient (Wildman–Crippen LogP) is 4.28. The van der Waals surface area contributed by atoms with Crippen molar-refractivity contribution in [3.05, 3.63) is 78.4 Å². The average Bonchev–Trinajstić information content (AvgIpc) is 3.14. The predicted molar refractivity (Wildman–Crippen MR) is 120 cm³/mol. The Balaban J connectivity index is 1.40. The lowest BCUT2D eigenvalue weighted by Crippen LogP contribution is -2.25. The van der Waals surface area contributed by atoms with Crippen molar-refractivity contribution in [2.45, 2.75) is 6.42 Å². The first-order valence-electron chi connectivity index (χ1n) is 9.79. The molecule has 0 radical (unpaired) electrons. The number of carbonyl (C=O) groups excluding carboxylic acids is 1. The Labute approximate surface area is 181 Å². The molecule has 0 atom stereocenters. The van der Waals surface area contributed by atoms with Crippen molar-refractivity contribution in [2.75, 3.05) is 29.0 Å². The second kappa shape index (κ2) is 8.69. The van der Waals surface area contributed by atoms with Crippen LogP contribution >= 0.6 is 0 Å². The van der Waals surface area contributed by atoms with Crippen LogP contribution in [-0.2, 0) is 10.0 Å². The summed E-state index contributed by atoms with van der Waals surface area (Å²) in [5.74, 6) is 1.71. The Morgan fingerprint density at radius 2 is 1.61 bits per heavy atom. The molecule has 160 valence electrons. The van der Waals surface area contributed by atoms with Gasteiger partial charge < -0.3 is 14.8 Å². The lowest BCUT2D eigenvalue weighted by atomic mass is 10.2. The molecule has 1 amide bonds. The molecule has 3 aromatic carbocycles. The summed E-state index contributed by atoms with van der Waals surface area (Å²) in [5.41, 5.74) is 1.63. The van der Waals surface area contributed by atoms with E-state index in [1.54, 1.807) is 55.6 Å². The molecule has 31 heavy (non-hydrogen) atoms. The number of amides is 1. The van der Waals surface area contributed by atoms with Gasteiger partial charge in [0, 0.05) is 17.8 Å². The fraction of sp³-hybridized carbons (Fsp3) is 0.174. The number of nitrogens with one attached hydrogen (secondary N) is 1. The van der Waals surface area contributed by atoms with Crippen LogP contribution in [0, 0.1) is 0 Å². The Morgan fingerprint density at radius 1 is 0.935 bits per heavy atom. The number of nitrogens with zero attached hydrogens (tertiary/aromatic N) is 1. The van der Waals surface area contributed by atoms with Crippen molar-refractivity contribution in [2.24, 2.45) is 0 Å². The molecular formula is C23H22N2O5S. The molecule has 0 saturated carbocycles. The van der Waals surface area contributed by atoms with Gasteiger partial charge in [-0.2, -0.15) is 0 Å². The standard InChI is InChI=1S/C23H22N2O5S/c1-29-21-5-2-3-6-22(21)30-20-13-9-18(10-14-20)24-23(26)17-7-11-19(12-8-17)25-15-4-16-31(25,27)28/h2-3,5-14H,4,15-16H2,1H3,(H,24,26). The number of benzene rings is 3. The Hall–Kier alpha value is -3.52. The molecule has 0 aliphatic carbocycles. The molecule has 8 heteroatoms. The molecule has 1 fully saturated rings. The van der Waals surface area contributed by atoms with Gasteiger partial charge in [-0.15, -0.1) is 0 Å². The van der Waals surface area contributed by atoms with Gasteiger partial charge in [0.1, 0.15) is 5.75 Å². The molecule has 0 aromatic heterocycles. The van der Waals surface area contributed by atoms with Gasteiger partial charge in [0.25, 0.3) is 5.91 Å². The third-order valence-corrected chi connectivity index (χ3v) is 6.80. The molecule has 1 saturated heterocycles.